The molecule has 2 heterocycles. The van der Waals surface area contributed by atoms with E-state index in [2.05, 4.69) is 15.9 Å². The summed E-state index contributed by atoms with van der Waals surface area (Å²) in [5.41, 5.74) is -0.0397. The highest BCUT2D eigenvalue weighted by Gasteiger charge is 2.47. The molecule has 6 rings (SSSR count). The molecule has 0 bridgehead atoms. The molecule has 0 unspecified atom stereocenters. The zero-order valence-corrected chi connectivity index (χ0v) is 41.5. The molecule has 0 atom stereocenters. The lowest BCUT2D eigenvalue weighted by Crippen LogP contribution is -2.28. The highest BCUT2D eigenvalue weighted by molar-refractivity contribution is 9.11. The summed E-state index contributed by atoms with van der Waals surface area (Å²) in [5, 5.41) is -0.158. The van der Waals surface area contributed by atoms with Crippen LogP contribution in [-0.4, -0.2) is 113 Å². The van der Waals surface area contributed by atoms with Gasteiger partial charge in [-0.05, 0) is 91.2 Å². The van der Waals surface area contributed by atoms with Gasteiger partial charge in [-0.1, -0.05) is 35.8 Å². The van der Waals surface area contributed by atoms with Crippen molar-refractivity contribution in [2.75, 3.05) is 29.5 Å². The minimum Gasteiger partial charge on any atom is -0.344 e. The molecule has 27 heteroatoms. The number of anilines is 1. The first-order chi connectivity index (χ1) is 29.9. The van der Waals surface area contributed by atoms with Gasteiger partial charge in [0.2, 0.25) is 5.69 Å². The standard InChI is InChI=1S/C39H41BrN2O18S6/c1-38(2)34(41(15-5-17-61(43,44)45)30-11-9-26-28(36(30)38)19-24(63(49,50)51)21-32(26)65(55,56)57)13-7-23(40)8-14-35-39(3,4)37-29-20-25(64(52,53)54)22-33(66(58,59)60)27(29)10-12-31(37)42(35)16-6-18-62(46,47)48/h7-14,19-22H,5-6,15-18H2,1-4H3,(H5-,43,44,45,46,47,48,49,50,51,52,53,54,55,56,57,58,59,60)/p+1. The number of halogens is 1. The van der Waals surface area contributed by atoms with Crippen molar-refractivity contribution in [1.82, 2.24) is 0 Å². The van der Waals surface area contributed by atoms with Crippen molar-refractivity contribution in [3.63, 3.8) is 0 Å². The largest absolute Gasteiger partial charge is 0.344 e. The minimum atomic E-state index is -5.06. The van der Waals surface area contributed by atoms with E-state index in [1.54, 1.807) is 61.5 Å². The second-order valence-corrected chi connectivity index (χ2v) is 26.2. The Bertz CT molecular complexity index is 3600. The summed E-state index contributed by atoms with van der Waals surface area (Å²) in [5.74, 6) is -1.30. The number of hydrogen-bond acceptors (Lipinski definition) is 13. The maximum Gasteiger partial charge on any atom is 0.295 e. The van der Waals surface area contributed by atoms with Gasteiger partial charge in [0.1, 0.15) is 16.3 Å². The van der Waals surface area contributed by atoms with Crippen molar-refractivity contribution in [3.05, 3.63) is 94.1 Å². The van der Waals surface area contributed by atoms with Crippen LogP contribution in [-0.2, 0) is 71.5 Å². The number of benzene rings is 4. The van der Waals surface area contributed by atoms with E-state index in [9.17, 15) is 77.8 Å². The van der Waals surface area contributed by atoms with Crippen molar-refractivity contribution >= 4 is 115 Å². The topological polar surface area (TPSA) is 332 Å². The van der Waals surface area contributed by atoms with E-state index < -0.39 is 103 Å². The Hall–Kier alpha value is -3.97. The molecule has 0 fully saturated rings. The monoisotopic (exact) mass is 1100 g/mol. The normalized spacial score (nSPS) is 17.7. The van der Waals surface area contributed by atoms with Crippen LogP contribution in [0.4, 0.5) is 11.4 Å². The predicted octanol–water partition coefficient (Wildman–Crippen LogP) is 5.43. The molecule has 0 aromatic heterocycles. The molecule has 0 aliphatic carbocycles. The number of hydrogen-bond donors (Lipinski definition) is 6. The fraction of sp³-hybridized carbons (Fsp3) is 0.308. The fourth-order valence-electron chi connectivity index (χ4n) is 8.67. The molecule has 6 N–H and O–H groups in total. The molecular formula is C39H42BrN2O18S6+. The summed E-state index contributed by atoms with van der Waals surface area (Å²) < 4.78 is 208. The van der Waals surface area contributed by atoms with Crippen LogP contribution >= 0.6 is 15.9 Å². The zero-order chi connectivity index (χ0) is 49.5. The van der Waals surface area contributed by atoms with Crippen LogP contribution in [0.15, 0.2) is 103 Å². The lowest BCUT2D eigenvalue weighted by Gasteiger charge is -2.27. The Balaban J connectivity index is 1.52. The predicted molar refractivity (Wildman–Crippen MR) is 247 cm³/mol. The molecule has 2 aliphatic heterocycles. The van der Waals surface area contributed by atoms with Crippen molar-refractivity contribution in [2.45, 2.75) is 70.9 Å². The van der Waals surface area contributed by atoms with Crippen molar-refractivity contribution in [3.8, 4) is 0 Å². The summed E-state index contributed by atoms with van der Waals surface area (Å²) in [6.45, 7) is 6.72. The smallest absolute Gasteiger partial charge is 0.295 e. The van der Waals surface area contributed by atoms with E-state index >= 15 is 0 Å². The molecule has 0 radical (unpaired) electrons. The van der Waals surface area contributed by atoms with Crippen LogP contribution in [0.2, 0.25) is 0 Å². The Labute approximate surface area is 389 Å². The van der Waals surface area contributed by atoms with Gasteiger partial charge in [0.15, 0.2) is 5.71 Å². The van der Waals surface area contributed by atoms with Crippen LogP contribution in [0, 0.1) is 0 Å². The molecule has 0 saturated heterocycles. The quantitative estimate of drug-likeness (QED) is 0.0491. The molecule has 358 valence electrons. The maximum absolute atomic E-state index is 12.5. The third kappa shape index (κ3) is 10.4. The van der Waals surface area contributed by atoms with Gasteiger partial charge in [-0.3, -0.25) is 27.3 Å². The van der Waals surface area contributed by atoms with E-state index in [0.717, 1.165) is 12.1 Å². The molecule has 2 aliphatic rings. The maximum atomic E-state index is 12.5. The van der Waals surface area contributed by atoms with Gasteiger partial charge in [0.25, 0.3) is 60.7 Å². The second-order valence-electron chi connectivity index (χ2n) is 16.5. The molecule has 4 aromatic carbocycles. The number of rotatable bonds is 15. The summed E-state index contributed by atoms with van der Waals surface area (Å²) in [4.78, 5) is -1.60. The SMILES string of the molecule is CC1(C)C(=CC=C(Br)C=CC2=[N+](CCCS(=O)(=O)O)c3ccc4c(S(=O)(=O)O)cc(S(=O)(=O)O)cc4c3C2(C)C)N(CCCS(=O)(=O)O)c2ccc3c(S(=O)(=O)O)cc(S(=O)(=O)O)cc3c21. The molecule has 66 heavy (non-hydrogen) atoms. The highest BCUT2D eigenvalue weighted by Crippen LogP contribution is 2.52. The zero-order valence-electron chi connectivity index (χ0n) is 35.0. The Morgan fingerprint density at radius 1 is 0.621 bits per heavy atom. The van der Waals surface area contributed by atoms with Gasteiger partial charge < -0.3 is 4.90 Å². The first-order valence-electron chi connectivity index (χ1n) is 19.2. The molecule has 0 amide bonds. The van der Waals surface area contributed by atoms with Gasteiger partial charge in [-0.25, -0.2) is 0 Å². The van der Waals surface area contributed by atoms with E-state index in [4.69, 9.17) is 0 Å². The fourth-order valence-corrected chi connectivity index (χ4v) is 12.6. The third-order valence-corrected chi connectivity index (χ3v) is 16.9. The second kappa shape index (κ2) is 17.2. The van der Waals surface area contributed by atoms with Crippen LogP contribution in [0.1, 0.15) is 51.7 Å². The van der Waals surface area contributed by atoms with Gasteiger partial charge in [-0.15, -0.1) is 0 Å². The average molecular weight is 1100 g/mol. The van der Waals surface area contributed by atoms with Gasteiger partial charge in [0.05, 0.1) is 26.7 Å². The van der Waals surface area contributed by atoms with Crippen LogP contribution < -0.4 is 4.90 Å². The molecule has 0 saturated carbocycles. The van der Waals surface area contributed by atoms with E-state index in [1.165, 1.54) is 24.3 Å². The first-order valence-corrected chi connectivity index (χ1v) is 28.9. The van der Waals surface area contributed by atoms with Crippen molar-refractivity contribution in [1.29, 1.82) is 0 Å². The van der Waals surface area contributed by atoms with Crippen molar-refractivity contribution < 1.29 is 82.4 Å². The van der Waals surface area contributed by atoms with Gasteiger partial charge in [-0.2, -0.15) is 55.1 Å². The summed E-state index contributed by atoms with van der Waals surface area (Å²) in [7, 11) is -29.0. The van der Waals surface area contributed by atoms with Gasteiger partial charge in [0, 0.05) is 62.7 Å². The Morgan fingerprint density at radius 3 is 1.59 bits per heavy atom. The summed E-state index contributed by atoms with van der Waals surface area (Å²) >= 11 is 3.52. The highest BCUT2D eigenvalue weighted by atomic mass is 79.9. The van der Waals surface area contributed by atoms with Crippen LogP contribution in [0.25, 0.3) is 21.5 Å². The summed E-state index contributed by atoms with van der Waals surface area (Å²) in [6, 6.07) is 8.92. The lowest BCUT2D eigenvalue weighted by molar-refractivity contribution is -0.437. The average Bonchev–Trinajstić information content (AvgIpc) is 3.50. The summed E-state index contributed by atoms with van der Waals surface area (Å²) in [6.07, 6.45) is 6.15. The van der Waals surface area contributed by atoms with Crippen molar-refractivity contribution in [2.24, 2.45) is 0 Å². The van der Waals surface area contributed by atoms with E-state index in [1.807, 2.05) is 0 Å². The van der Waals surface area contributed by atoms with E-state index in [0.29, 0.717) is 50.5 Å². The number of allylic oxidation sites excluding steroid dienone is 6. The molecule has 4 aromatic rings. The molecule has 20 nitrogen and oxygen atoms in total. The van der Waals surface area contributed by atoms with Crippen LogP contribution in [0.3, 0.4) is 0 Å². The van der Waals surface area contributed by atoms with E-state index in [-0.39, 0.29) is 47.5 Å². The van der Waals surface area contributed by atoms with Crippen LogP contribution in [0.5, 0.6) is 0 Å². The molecule has 0 spiro atoms. The number of fused-ring (bicyclic) bond motifs is 6. The third-order valence-electron chi connectivity index (χ3n) is 11.3. The molecular weight excluding hydrogens is 1060 g/mol. The Morgan fingerprint density at radius 2 is 1.11 bits per heavy atom. The lowest BCUT2D eigenvalue weighted by atomic mass is 9.79. The first kappa shape index (κ1) is 51.4. The minimum absolute atomic E-state index is 0.0137. The number of nitrogens with zero attached hydrogens (tertiary/aromatic N) is 2. The van der Waals surface area contributed by atoms with Gasteiger partial charge >= 0.3 is 0 Å². The Kier molecular flexibility index (Phi) is 13.4.